The van der Waals surface area contributed by atoms with Crippen LogP contribution in [0.2, 0.25) is 0 Å². The summed E-state index contributed by atoms with van der Waals surface area (Å²) in [5.74, 6) is 0.0715. The Morgan fingerprint density at radius 1 is 1.08 bits per heavy atom. The molecule has 2 saturated heterocycles. The number of nitrogens with zero attached hydrogens (tertiary/aromatic N) is 5. The van der Waals surface area contributed by atoms with Gasteiger partial charge in [0.1, 0.15) is 0 Å². The number of hydrogen-bond donors (Lipinski definition) is 1. The fraction of sp³-hybridized carbons (Fsp3) is 0.536. The number of ether oxygens (including phenoxy) is 1. The Morgan fingerprint density at radius 3 is 2.50 bits per heavy atom. The van der Waals surface area contributed by atoms with Gasteiger partial charge in [-0.3, -0.25) is 0 Å². The highest BCUT2D eigenvalue weighted by molar-refractivity contribution is 5.98. The second-order valence-electron chi connectivity index (χ2n) is 10.6. The van der Waals surface area contributed by atoms with Crippen LogP contribution in [0.15, 0.2) is 36.4 Å². The van der Waals surface area contributed by atoms with E-state index in [9.17, 15) is 9.90 Å². The van der Waals surface area contributed by atoms with Gasteiger partial charge in [-0.1, -0.05) is 24.6 Å². The molecule has 0 spiro atoms. The minimum atomic E-state index is -0.999. The van der Waals surface area contributed by atoms with Crippen molar-refractivity contribution in [2.75, 3.05) is 44.7 Å². The number of hydrogen-bond acceptors (Lipinski definition) is 6. The van der Waals surface area contributed by atoms with E-state index in [1.807, 2.05) is 42.1 Å². The van der Waals surface area contributed by atoms with Gasteiger partial charge >= 0.3 is 5.97 Å². The van der Waals surface area contributed by atoms with Crippen molar-refractivity contribution in [1.82, 2.24) is 19.7 Å². The van der Waals surface area contributed by atoms with Gasteiger partial charge < -0.3 is 19.6 Å². The molecule has 4 heterocycles. The summed E-state index contributed by atoms with van der Waals surface area (Å²) in [6, 6.07) is 11.7. The minimum Gasteiger partial charge on any atom is -0.477 e. The molecule has 1 aromatic carbocycles. The normalized spacial score (nSPS) is 21.8. The van der Waals surface area contributed by atoms with Crippen molar-refractivity contribution in [3.8, 4) is 5.69 Å². The Balaban J connectivity index is 1.33. The zero-order valence-corrected chi connectivity index (χ0v) is 21.0. The summed E-state index contributed by atoms with van der Waals surface area (Å²) in [5, 5.41) is 16.0. The fourth-order valence-corrected chi connectivity index (χ4v) is 6.08. The van der Waals surface area contributed by atoms with Crippen molar-refractivity contribution in [3.63, 3.8) is 0 Å². The van der Waals surface area contributed by atoms with Crippen LogP contribution in [0.1, 0.15) is 60.6 Å². The lowest BCUT2D eigenvalue weighted by Gasteiger charge is -2.36. The minimum absolute atomic E-state index is 0.0829. The van der Waals surface area contributed by atoms with Gasteiger partial charge in [-0.15, -0.1) is 0 Å². The van der Waals surface area contributed by atoms with Gasteiger partial charge in [-0.05, 0) is 56.2 Å². The van der Waals surface area contributed by atoms with Crippen molar-refractivity contribution < 1.29 is 14.6 Å². The monoisotopic (exact) mass is 489 g/mol. The molecule has 3 aromatic rings. The van der Waals surface area contributed by atoms with Crippen LogP contribution in [0.5, 0.6) is 0 Å². The Kier molecular flexibility index (Phi) is 6.39. The molecule has 6 rings (SSSR count). The van der Waals surface area contributed by atoms with Crippen LogP contribution in [0, 0.1) is 5.92 Å². The molecule has 1 atom stereocenters. The zero-order valence-electron chi connectivity index (χ0n) is 21.0. The predicted octanol–water partition coefficient (Wildman–Crippen LogP) is 4.32. The van der Waals surface area contributed by atoms with E-state index in [1.54, 1.807) is 6.07 Å². The van der Waals surface area contributed by atoms with Gasteiger partial charge in [0, 0.05) is 45.8 Å². The topological polar surface area (TPSA) is 83.7 Å². The molecule has 0 bridgehead atoms. The fourth-order valence-electron chi connectivity index (χ4n) is 6.08. The first-order valence-electron chi connectivity index (χ1n) is 13.3. The quantitative estimate of drug-likeness (QED) is 0.529. The van der Waals surface area contributed by atoms with E-state index >= 15 is 0 Å². The number of fused-ring (bicyclic) bond motifs is 1. The van der Waals surface area contributed by atoms with Crippen LogP contribution in [0.4, 0.5) is 5.69 Å². The summed E-state index contributed by atoms with van der Waals surface area (Å²) < 4.78 is 7.40. The van der Waals surface area contributed by atoms with Crippen molar-refractivity contribution in [3.05, 3.63) is 47.8 Å². The third kappa shape index (κ3) is 4.37. The molecular formula is C28H35N5O3. The van der Waals surface area contributed by atoms with Crippen LogP contribution in [-0.2, 0) is 4.74 Å². The van der Waals surface area contributed by atoms with Crippen molar-refractivity contribution in [2.24, 2.45) is 5.92 Å². The summed E-state index contributed by atoms with van der Waals surface area (Å²) in [5.41, 5.74) is 3.71. The number of likely N-dealkylation sites (tertiary alicyclic amines) is 1. The molecule has 36 heavy (non-hydrogen) atoms. The third-order valence-corrected chi connectivity index (χ3v) is 8.39. The molecule has 8 nitrogen and oxygen atoms in total. The van der Waals surface area contributed by atoms with Crippen molar-refractivity contribution in [1.29, 1.82) is 0 Å². The maximum absolute atomic E-state index is 12.1. The number of piperidine rings is 1. The average Bonchev–Trinajstić information content (AvgIpc) is 3.48. The standard InChI is InChI=1S/C28H35N5O3/c1-36-22-12-13-31(18-22)17-19-10-14-32(15-11-19)24-16-23(28(34)35)29-27-25(24)26(20-6-5-7-20)30-33(27)21-8-3-2-4-9-21/h2-4,8-9,16,19-20,22H,5-7,10-15,17-18H2,1H3,(H,34,35)/t22-/m0/s1. The van der Waals surface area contributed by atoms with Crippen LogP contribution in [0.3, 0.4) is 0 Å². The van der Waals surface area contributed by atoms with Crippen LogP contribution >= 0.6 is 0 Å². The number of aromatic nitrogens is 3. The molecule has 3 aliphatic rings. The SMILES string of the molecule is CO[C@H]1CCN(CC2CCN(c3cc(C(=O)O)nc4c3c(C3CCC3)nn4-c3ccccc3)CC2)C1. The molecule has 2 aliphatic heterocycles. The maximum atomic E-state index is 12.1. The number of carboxylic acid groups (broad SMARTS) is 1. The first-order chi connectivity index (χ1) is 17.6. The highest BCUT2D eigenvalue weighted by Gasteiger charge is 2.32. The Bertz CT molecular complexity index is 1230. The lowest BCUT2D eigenvalue weighted by atomic mass is 9.81. The largest absolute Gasteiger partial charge is 0.477 e. The van der Waals surface area contributed by atoms with E-state index in [4.69, 9.17) is 9.84 Å². The Morgan fingerprint density at radius 2 is 1.86 bits per heavy atom. The summed E-state index contributed by atoms with van der Waals surface area (Å²) in [6.07, 6.45) is 7.17. The maximum Gasteiger partial charge on any atom is 0.354 e. The molecule has 0 radical (unpaired) electrons. The highest BCUT2D eigenvalue weighted by atomic mass is 16.5. The molecule has 0 unspecified atom stereocenters. The van der Waals surface area contributed by atoms with Crippen LogP contribution in [-0.4, -0.2) is 76.7 Å². The van der Waals surface area contributed by atoms with Crippen molar-refractivity contribution in [2.45, 2.75) is 50.5 Å². The lowest BCUT2D eigenvalue weighted by Crippen LogP contribution is -2.38. The highest BCUT2D eigenvalue weighted by Crippen LogP contribution is 2.43. The van der Waals surface area contributed by atoms with Gasteiger partial charge in [-0.25, -0.2) is 14.5 Å². The number of anilines is 1. The molecular weight excluding hydrogens is 454 g/mol. The summed E-state index contributed by atoms with van der Waals surface area (Å²) >= 11 is 0. The summed E-state index contributed by atoms with van der Waals surface area (Å²) in [7, 11) is 1.81. The summed E-state index contributed by atoms with van der Waals surface area (Å²) in [4.78, 5) is 21.7. The van der Waals surface area contributed by atoms with Crippen molar-refractivity contribution >= 4 is 22.7 Å². The molecule has 190 valence electrons. The average molecular weight is 490 g/mol. The van der Waals surface area contributed by atoms with E-state index in [2.05, 4.69) is 14.8 Å². The summed E-state index contributed by atoms with van der Waals surface area (Å²) in [6.45, 7) is 5.12. The van der Waals surface area contributed by atoms with E-state index in [0.29, 0.717) is 23.6 Å². The third-order valence-electron chi connectivity index (χ3n) is 8.39. The van der Waals surface area contributed by atoms with E-state index in [0.717, 1.165) is 87.3 Å². The van der Waals surface area contributed by atoms with Crippen LogP contribution < -0.4 is 4.90 Å². The first-order valence-corrected chi connectivity index (χ1v) is 13.3. The number of para-hydroxylation sites is 1. The van der Waals surface area contributed by atoms with Gasteiger partial charge in [0.05, 0.1) is 28.6 Å². The number of carbonyl (C=O) groups is 1. The number of aromatic carboxylic acids is 1. The molecule has 3 fully saturated rings. The van der Waals surface area contributed by atoms with Crippen LogP contribution in [0.25, 0.3) is 16.7 Å². The number of methoxy groups -OCH3 is 1. The second kappa shape index (κ2) is 9.82. The Labute approximate surface area is 211 Å². The number of benzene rings is 1. The van der Waals surface area contributed by atoms with Gasteiger partial charge in [0.25, 0.3) is 0 Å². The molecule has 1 N–H and O–H groups in total. The second-order valence-corrected chi connectivity index (χ2v) is 10.6. The number of pyridine rings is 1. The smallest absolute Gasteiger partial charge is 0.354 e. The molecule has 2 aromatic heterocycles. The van der Waals surface area contributed by atoms with Gasteiger partial charge in [0.2, 0.25) is 0 Å². The molecule has 1 aliphatic carbocycles. The number of rotatable bonds is 7. The molecule has 8 heteroatoms. The van der Waals surface area contributed by atoms with E-state index in [1.165, 1.54) is 6.42 Å². The van der Waals surface area contributed by atoms with E-state index in [-0.39, 0.29) is 5.69 Å². The zero-order chi connectivity index (χ0) is 24.6. The first kappa shape index (κ1) is 23.4. The Hall–Kier alpha value is -2.97. The van der Waals surface area contributed by atoms with Gasteiger partial charge in [0.15, 0.2) is 11.3 Å². The predicted molar refractivity (Wildman–Crippen MR) is 139 cm³/mol. The molecule has 1 saturated carbocycles. The van der Waals surface area contributed by atoms with Gasteiger partial charge in [-0.2, -0.15) is 5.10 Å². The van der Waals surface area contributed by atoms with E-state index < -0.39 is 5.97 Å². The lowest BCUT2D eigenvalue weighted by molar-refractivity contribution is 0.0691. The molecule has 0 amide bonds. The number of carboxylic acids is 1.